The van der Waals surface area contributed by atoms with Crippen LogP contribution in [0.25, 0.3) is 22.9 Å². The predicted molar refractivity (Wildman–Crippen MR) is 144 cm³/mol. The van der Waals surface area contributed by atoms with Gasteiger partial charge in [0.15, 0.2) is 6.61 Å². The molecule has 0 unspecified atom stereocenters. The van der Waals surface area contributed by atoms with E-state index in [1.165, 1.54) is 0 Å². The van der Waals surface area contributed by atoms with E-state index in [0.29, 0.717) is 11.5 Å². The molecule has 4 nitrogen and oxygen atoms in total. The summed E-state index contributed by atoms with van der Waals surface area (Å²) in [6.45, 7) is -0.154. The van der Waals surface area contributed by atoms with Gasteiger partial charge >= 0.3 is 0 Å². The maximum absolute atomic E-state index is 12.4. The number of rotatable bonds is 8. The van der Waals surface area contributed by atoms with Crippen molar-refractivity contribution in [3.05, 3.63) is 125 Å². The summed E-state index contributed by atoms with van der Waals surface area (Å²) in [6.07, 6.45) is 7.61. The molecule has 5 heteroatoms. The van der Waals surface area contributed by atoms with Crippen LogP contribution >= 0.6 is 15.9 Å². The van der Waals surface area contributed by atoms with Gasteiger partial charge < -0.3 is 4.74 Å². The Morgan fingerprint density at radius 2 is 1.38 bits per heavy atom. The lowest BCUT2D eigenvalue weighted by Gasteiger charge is -2.09. The fourth-order valence-electron chi connectivity index (χ4n) is 3.25. The SMILES string of the molecule is O=C(COc1ccc2ccccc2c1Br)NN=C(/C=C\c1ccccc1)/C=C\c1ccccc1. The Morgan fingerprint density at radius 1 is 0.794 bits per heavy atom. The van der Waals surface area contributed by atoms with Gasteiger partial charge in [0.1, 0.15) is 5.75 Å². The first-order chi connectivity index (χ1) is 16.7. The summed E-state index contributed by atoms with van der Waals surface area (Å²) in [5.74, 6) is 0.254. The van der Waals surface area contributed by atoms with Crippen LogP contribution in [0.4, 0.5) is 0 Å². The van der Waals surface area contributed by atoms with E-state index in [1.54, 1.807) is 0 Å². The van der Waals surface area contributed by atoms with Crippen LogP contribution in [0.1, 0.15) is 11.1 Å². The molecular formula is C29H23BrN2O2. The third kappa shape index (κ3) is 6.53. The molecule has 4 aromatic carbocycles. The van der Waals surface area contributed by atoms with Crippen LogP contribution in [0, 0.1) is 0 Å². The lowest BCUT2D eigenvalue weighted by molar-refractivity contribution is -0.123. The summed E-state index contributed by atoms with van der Waals surface area (Å²) in [5.41, 5.74) is 5.27. The average molecular weight is 511 g/mol. The van der Waals surface area contributed by atoms with Crippen LogP contribution in [-0.4, -0.2) is 18.2 Å². The minimum absolute atomic E-state index is 0.154. The fourth-order valence-corrected chi connectivity index (χ4v) is 3.86. The highest BCUT2D eigenvalue weighted by atomic mass is 79.9. The second kappa shape index (κ2) is 11.8. The molecule has 0 heterocycles. The number of carbonyl (C=O) groups excluding carboxylic acids is 1. The molecule has 1 amide bonds. The fraction of sp³-hybridized carbons (Fsp3) is 0.0345. The predicted octanol–water partition coefficient (Wildman–Crippen LogP) is 6.88. The number of carbonyl (C=O) groups is 1. The van der Waals surface area contributed by atoms with Crippen LogP contribution in [0.5, 0.6) is 5.75 Å². The molecule has 0 spiro atoms. The molecule has 168 valence electrons. The third-order valence-electron chi connectivity index (χ3n) is 4.99. The lowest BCUT2D eigenvalue weighted by Crippen LogP contribution is -2.25. The number of amides is 1. The first kappa shape index (κ1) is 23.2. The Hall–Kier alpha value is -3.96. The zero-order valence-corrected chi connectivity index (χ0v) is 20.0. The highest BCUT2D eigenvalue weighted by Gasteiger charge is 2.08. The molecule has 1 N–H and O–H groups in total. The Labute approximate surface area is 207 Å². The molecular weight excluding hydrogens is 488 g/mol. The maximum atomic E-state index is 12.4. The normalized spacial score (nSPS) is 11.1. The zero-order chi connectivity index (χ0) is 23.6. The monoisotopic (exact) mass is 510 g/mol. The molecule has 0 aliphatic carbocycles. The van der Waals surface area contributed by atoms with Crippen molar-refractivity contribution in [2.24, 2.45) is 5.10 Å². The van der Waals surface area contributed by atoms with E-state index in [0.717, 1.165) is 26.4 Å². The summed E-state index contributed by atoms with van der Waals surface area (Å²) < 4.78 is 6.55. The Kier molecular flexibility index (Phi) is 8.04. The van der Waals surface area contributed by atoms with E-state index in [4.69, 9.17) is 4.74 Å². The minimum Gasteiger partial charge on any atom is -0.483 e. The smallest absolute Gasteiger partial charge is 0.277 e. The summed E-state index contributed by atoms with van der Waals surface area (Å²) in [5, 5.41) is 6.41. The van der Waals surface area contributed by atoms with E-state index < -0.39 is 0 Å². The first-order valence-electron chi connectivity index (χ1n) is 10.8. The van der Waals surface area contributed by atoms with Crippen LogP contribution in [0.3, 0.4) is 0 Å². The quantitative estimate of drug-likeness (QED) is 0.207. The third-order valence-corrected chi connectivity index (χ3v) is 5.81. The van der Waals surface area contributed by atoms with Crippen LogP contribution in [0.2, 0.25) is 0 Å². The zero-order valence-electron chi connectivity index (χ0n) is 18.4. The second-order valence-corrected chi connectivity index (χ2v) is 8.24. The van der Waals surface area contributed by atoms with Crippen LogP contribution < -0.4 is 10.2 Å². The van der Waals surface area contributed by atoms with Gasteiger partial charge in [-0.3, -0.25) is 4.79 Å². The van der Waals surface area contributed by atoms with Crippen LogP contribution in [-0.2, 0) is 4.79 Å². The maximum Gasteiger partial charge on any atom is 0.277 e. The van der Waals surface area contributed by atoms with Crippen molar-refractivity contribution >= 4 is 50.5 Å². The Morgan fingerprint density at radius 3 is 2.03 bits per heavy atom. The number of ether oxygens (including phenoxy) is 1. The largest absolute Gasteiger partial charge is 0.483 e. The molecule has 0 fully saturated rings. The Balaban J connectivity index is 1.44. The van der Waals surface area contributed by atoms with Crippen LogP contribution in [0.15, 0.2) is 119 Å². The number of nitrogens with zero attached hydrogens (tertiary/aromatic N) is 1. The molecule has 4 aromatic rings. The van der Waals surface area contributed by atoms with Gasteiger partial charge in [-0.15, -0.1) is 0 Å². The Bertz CT molecular complexity index is 1300. The van der Waals surface area contributed by atoms with Gasteiger partial charge in [-0.05, 0) is 56.0 Å². The average Bonchev–Trinajstić information content (AvgIpc) is 2.89. The molecule has 0 radical (unpaired) electrons. The van der Waals surface area contributed by atoms with Crippen molar-refractivity contribution < 1.29 is 9.53 Å². The van der Waals surface area contributed by atoms with Crippen molar-refractivity contribution in [2.45, 2.75) is 0 Å². The topological polar surface area (TPSA) is 50.7 Å². The van der Waals surface area contributed by atoms with Crippen molar-refractivity contribution in [1.29, 1.82) is 0 Å². The second-order valence-electron chi connectivity index (χ2n) is 7.45. The standard InChI is InChI=1S/C29H23BrN2O2/c30-29-26-14-8-7-13-24(26)17-20-27(29)34-21-28(33)32-31-25(18-15-22-9-3-1-4-10-22)19-16-23-11-5-2-6-12-23/h1-20H,21H2,(H,32,33)/b18-15-,19-16-. The van der Waals surface area contributed by atoms with Gasteiger partial charge in [-0.2, -0.15) is 5.10 Å². The van der Waals surface area contributed by atoms with E-state index in [9.17, 15) is 4.79 Å². The molecule has 0 aliphatic rings. The van der Waals surface area contributed by atoms with E-state index in [2.05, 4.69) is 26.5 Å². The lowest BCUT2D eigenvalue weighted by atomic mass is 10.1. The number of fused-ring (bicyclic) bond motifs is 1. The van der Waals surface area contributed by atoms with Gasteiger partial charge in [0.2, 0.25) is 0 Å². The van der Waals surface area contributed by atoms with Gasteiger partial charge in [0.05, 0.1) is 10.2 Å². The van der Waals surface area contributed by atoms with Gasteiger partial charge in [0, 0.05) is 0 Å². The van der Waals surface area contributed by atoms with Crippen molar-refractivity contribution in [3.63, 3.8) is 0 Å². The molecule has 0 saturated carbocycles. The summed E-state index contributed by atoms with van der Waals surface area (Å²) in [6, 6.07) is 31.6. The molecule has 0 saturated heterocycles. The van der Waals surface area contributed by atoms with Crippen molar-refractivity contribution in [1.82, 2.24) is 5.43 Å². The van der Waals surface area contributed by atoms with E-state index >= 15 is 0 Å². The number of hydrazone groups is 1. The number of halogens is 1. The number of nitrogens with one attached hydrogen (secondary N) is 1. The van der Waals surface area contributed by atoms with E-state index in [-0.39, 0.29) is 12.5 Å². The van der Waals surface area contributed by atoms with Gasteiger partial charge in [0.25, 0.3) is 5.91 Å². The molecule has 0 bridgehead atoms. The van der Waals surface area contributed by atoms with Crippen molar-refractivity contribution in [3.8, 4) is 5.75 Å². The van der Waals surface area contributed by atoms with Gasteiger partial charge in [-0.25, -0.2) is 5.43 Å². The number of allylic oxidation sites excluding steroid dienone is 2. The van der Waals surface area contributed by atoms with E-state index in [1.807, 2.05) is 121 Å². The number of benzene rings is 4. The number of hydrogen-bond donors (Lipinski definition) is 1. The molecule has 4 rings (SSSR count). The summed E-state index contributed by atoms with van der Waals surface area (Å²) in [7, 11) is 0. The van der Waals surface area contributed by atoms with Crippen molar-refractivity contribution in [2.75, 3.05) is 6.61 Å². The summed E-state index contributed by atoms with van der Waals surface area (Å²) in [4.78, 5) is 12.4. The molecule has 0 aromatic heterocycles. The minimum atomic E-state index is -0.348. The molecule has 0 atom stereocenters. The number of hydrogen-bond acceptors (Lipinski definition) is 3. The molecule has 0 aliphatic heterocycles. The van der Waals surface area contributed by atoms with Gasteiger partial charge in [-0.1, -0.05) is 103 Å². The highest BCUT2D eigenvalue weighted by Crippen LogP contribution is 2.32. The first-order valence-corrected chi connectivity index (χ1v) is 11.6. The molecule has 34 heavy (non-hydrogen) atoms. The highest BCUT2D eigenvalue weighted by molar-refractivity contribution is 9.10. The summed E-state index contributed by atoms with van der Waals surface area (Å²) >= 11 is 3.58.